The Hall–Kier alpha value is -4.53. The first kappa shape index (κ1) is 22.7. The number of fused-ring (bicyclic) bond motifs is 3. The van der Waals surface area contributed by atoms with E-state index in [-0.39, 0.29) is 0 Å². The zero-order chi connectivity index (χ0) is 25.5. The van der Waals surface area contributed by atoms with Gasteiger partial charge in [0.05, 0.1) is 5.69 Å². The average Bonchev–Trinajstić information content (AvgIpc) is 3.37. The van der Waals surface area contributed by atoms with Gasteiger partial charge in [0.1, 0.15) is 0 Å². The zero-order valence-corrected chi connectivity index (χ0v) is 21.9. The number of thiophene rings is 1. The highest BCUT2D eigenvalue weighted by molar-refractivity contribution is 7.26. The van der Waals surface area contributed by atoms with Gasteiger partial charge >= 0.3 is 0 Å². The molecule has 0 spiro atoms. The number of pyridine rings is 1. The summed E-state index contributed by atoms with van der Waals surface area (Å²) >= 11 is 1.88. The van der Waals surface area contributed by atoms with Crippen LogP contribution in [0.5, 0.6) is 0 Å². The van der Waals surface area contributed by atoms with Crippen molar-refractivity contribution in [2.45, 2.75) is 6.92 Å². The summed E-state index contributed by atoms with van der Waals surface area (Å²) in [5.41, 5.74) is 10.6. The third-order valence-corrected chi connectivity index (χ3v) is 8.42. The molecule has 0 unspecified atom stereocenters. The quantitative estimate of drug-likeness (QED) is 0.233. The van der Waals surface area contributed by atoms with E-state index in [1.165, 1.54) is 53.6 Å². The maximum atomic E-state index is 4.69. The van der Waals surface area contributed by atoms with Gasteiger partial charge in [0, 0.05) is 31.4 Å². The van der Waals surface area contributed by atoms with Gasteiger partial charge in [0.2, 0.25) is 0 Å². The molecule has 1 nitrogen and oxygen atoms in total. The minimum atomic E-state index is 1.01. The van der Waals surface area contributed by atoms with Crippen LogP contribution in [0, 0.1) is 6.92 Å². The minimum Gasteiger partial charge on any atom is -0.253 e. The van der Waals surface area contributed by atoms with Crippen LogP contribution in [0.1, 0.15) is 5.69 Å². The highest BCUT2D eigenvalue weighted by atomic mass is 32.1. The second-order valence-corrected chi connectivity index (χ2v) is 10.7. The van der Waals surface area contributed by atoms with Crippen LogP contribution >= 0.6 is 11.3 Å². The van der Waals surface area contributed by atoms with Crippen LogP contribution in [0.4, 0.5) is 0 Å². The van der Waals surface area contributed by atoms with Crippen molar-refractivity contribution in [1.82, 2.24) is 4.98 Å². The first-order valence-corrected chi connectivity index (χ1v) is 13.7. The summed E-state index contributed by atoms with van der Waals surface area (Å²) in [5, 5.41) is 2.68. The van der Waals surface area contributed by atoms with Crippen molar-refractivity contribution in [2.24, 2.45) is 0 Å². The molecule has 0 amide bonds. The lowest BCUT2D eigenvalue weighted by Crippen LogP contribution is -1.87. The van der Waals surface area contributed by atoms with E-state index in [0.29, 0.717) is 0 Å². The molecule has 0 radical (unpaired) electrons. The van der Waals surface area contributed by atoms with Gasteiger partial charge in [-0.2, -0.15) is 0 Å². The molecule has 2 heteroatoms. The van der Waals surface area contributed by atoms with E-state index >= 15 is 0 Å². The molecule has 2 aromatic heterocycles. The number of hydrogen-bond acceptors (Lipinski definition) is 2. The van der Waals surface area contributed by atoms with Gasteiger partial charge in [0.15, 0.2) is 0 Å². The van der Waals surface area contributed by atoms with Gasteiger partial charge in [-0.15, -0.1) is 11.3 Å². The fraction of sp³-hybridized carbons (Fsp3) is 0.0278. The van der Waals surface area contributed by atoms with Crippen LogP contribution in [0.25, 0.3) is 64.8 Å². The van der Waals surface area contributed by atoms with Crippen LogP contribution in [-0.4, -0.2) is 4.98 Å². The number of aromatic nitrogens is 1. The lowest BCUT2D eigenvalue weighted by atomic mass is 9.96. The average molecular weight is 504 g/mol. The Morgan fingerprint density at radius 3 is 1.84 bits per heavy atom. The predicted octanol–water partition coefficient (Wildman–Crippen LogP) is 10.4. The largest absolute Gasteiger partial charge is 0.253 e. The van der Waals surface area contributed by atoms with E-state index in [1.807, 2.05) is 24.3 Å². The standard InChI is InChI=1S/C36H25NS/c1-24-7-4-13-34(37-24)30-9-5-8-29(23-30)27-17-15-25(16-18-27)26-19-21-28(22-20-26)31-11-6-12-33-32-10-2-3-14-35(32)38-36(31)33/h2-23H,1H3. The van der Waals surface area contributed by atoms with E-state index in [9.17, 15) is 0 Å². The molecule has 0 aliphatic carbocycles. The van der Waals surface area contributed by atoms with E-state index in [0.717, 1.165) is 17.0 Å². The normalized spacial score (nSPS) is 11.3. The molecular formula is C36H25NS. The Bertz CT molecular complexity index is 1910. The van der Waals surface area contributed by atoms with Crippen LogP contribution in [0.15, 0.2) is 133 Å². The number of benzene rings is 5. The third kappa shape index (κ3) is 4.09. The van der Waals surface area contributed by atoms with Gasteiger partial charge in [-0.05, 0) is 64.6 Å². The predicted molar refractivity (Wildman–Crippen MR) is 164 cm³/mol. The lowest BCUT2D eigenvalue weighted by molar-refractivity contribution is 1.21. The fourth-order valence-electron chi connectivity index (χ4n) is 5.23. The molecule has 0 fully saturated rings. The monoisotopic (exact) mass is 503 g/mol. The van der Waals surface area contributed by atoms with Gasteiger partial charge in [-0.3, -0.25) is 4.98 Å². The lowest BCUT2D eigenvalue weighted by Gasteiger charge is -2.09. The smallest absolute Gasteiger partial charge is 0.0705 e. The number of rotatable bonds is 4. The SMILES string of the molecule is Cc1cccc(-c2cccc(-c3ccc(-c4ccc(-c5cccc6c5sc5ccccc56)cc4)cc3)c2)n1. The maximum absolute atomic E-state index is 4.69. The molecule has 7 aromatic rings. The molecule has 0 aliphatic heterocycles. The molecule has 0 N–H and O–H groups in total. The summed E-state index contributed by atoms with van der Waals surface area (Å²) < 4.78 is 2.70. The molecule has 0 atom stereocenters. The zero-order valence-electron chi connectivity index (χ0n) is 21.1. The first-order valence-electron chi connectivity index (χ1n) is 12.9. The van der Waals surface area contributed by atoms with Gasteiger partial charge in [0.25, 0.3) is 0 Å². The summed E-state index contributed by atoms with van der Waals surface area (Å²) in [7, 11) is 0. The molecule has 5 aromatic carbocycles. The third-order valence-electron chi connectivity index (χ3n) is 7.20. The molecule has 38 heavy (non-hydrogen) atoms. The minimum absolute atomic E-state index is 1.01. The summed E-state index contributed by atoms with van der Waals surface area (Å²) in [4.78, 5) is 4.69. The Morgan fingerprint density at radius 1 is 0.474 bits per heavy atom. The van der Waals surface area contributed by atoms with Gasteiger partial charge in [-0.1, -0.05) is 109 Å². The van der Waals surface area contributed by atoms with Crippen molar-refractivity contribution < 1.29 is 0 Å². The molecule has 7 rings (SSSR count). The van der Waals surface area contributed by atoms with E-state index in [1.54, 1.807) is 0 Å². The number of nitrogens with zero attached hydrogens (tertiary/aromatic N) is 1. The molecule has 0 aliphatic rings. The van der Waals surface area contributed by atoms with Crippen molar-refractivity contribution in [3.8, 4) is 44.6 Å². The van der Waals surface area contributed by atoms with Crippen molar-refractivity contribution >= 4 is 31.5 Å². The molecule has 180 valence electrons. The van der Waals surface area contributed by atoms with Crippen molar-refractivity contribution in [2.75, 3.05) is 0 Å². The van der Waals surface area contributed by atoms with Gasteiger partial charge < -0.3 is 0 Å². The van der Waals surface area contributed by atoms with Crippen molar-refractivity contribution in [3.05, 3.63) is 139 Å². The molecule has 0 saturated heterocycles. The van der Waals surface area contributed by atoms with Gasteiger partial charge in [-0.25, -0.2) is 0 Å². The highest BCUT2D eigenvalue weighted by Gasteiger charge is 2.10. The second kappa shape index (κ2) is 9.41. The Kier molecular flexibility index (Phi) is 5.61. The van der Waals surface area contributed by atoms with Crippen LogP contribution in [0.3, 0.4) is 0 Å². The van der Waals surface area contributed by atoms with Crippen LogP contribution in [0.2, 0.25) is 0 Å². The van der Waals surface area contributed by atoms with Crippen LogP contribution < -0.4 is 0 Å². The van der Waals surface area contributed by atoms with E-state index in [2.05, 4.69) is 132 Å². The molecule has 0 bridgehead atoms. The molecular weight excluding hydrogens is 478 g/mol. The Morgan fingerprint density at radius 2 is 1.08 bits per heavy atom. The Labute approximate surface area is 226 Å². The topological polar surface area (TPSA) is 12.9 Å². The summed E-state index contributed by atoms with van der Waals surface area (Å²) in [6.45, 7) is 2.03. The van der Waals surface area contributed by atoms with E-state index < -0.39 is 0 Å². The number of aryl methyl sites for hydroxylation is 1. The fourth-order valence-corrected chi connectivity index (χ4v) is 6.47. The second-order valence-electron chi connectivity index (χ2n) is 9.68. The van der Waals surface area contributed by atoms with Crippen molar-refractivity contribution in [1.29, 1.82) is 0 Å². The summed E-state index contributed by atoms with van der Waals surface area (Å²) in [6.07, 6.45) is 0. The van der Waals surface area contributed by atoms with Crippen LogP contribution in [-0.2, 0) is 0 Å². The first-order chi connectivity index (χ1) is 18.7. The number of hydrogen-bond donors (Lipinski definition) is 0. The molecule has 2 heterocycles. The summed E-state index contributed by atoms with van der Waals surface area (Å²) in [5.74, 6) is 0. The summed E-state index contributed by atoms with van der Waals surface area (Å²) in [6, 6.07) is 47.9. The highest BCUT2D eigenvalue weighted by Crippen LogP contribution is 2.40. The van der Waals surface area contributed by atoms with Crippen molar-refractivity contribution in [3.63, 3.8) is 0 Å². The molecule has 0 saturated carbocycles. The maximum Gasteiger partial charge on any atom is 0.0705 e. The Balaban J connectivity index is 1.18. The van der Waals surface area contributed by atoms with E-state index in [4.69, 9.17) is 0 Å².